The third-order valence-electron chi connectivity index (χ3n) is 2.96. The van der Waals surface area contributed by atoms with Crippen LogP contribution in [0.3, 0.4) is 0 Å². The zero-order chi connectivity index (χ0) is 13.8. The van der Waals surface area contributed by atoms with Gasteiger partial charge in [-0.05, 0) is 48.4 Å². The van der Waals surface area contributed by atoms with Crippen LogP contribution in [0.1, 0.15) is 28.4 Å². The van der Waals surface area contributed by atoms with Crippen LogP contribution in [0.5, 0.6) is 0 Å². The van der Waals surface area contributed by atoms with Gasteiger partial charge in [-0.15, -0.1) is 5.10 Å². The third-order valence-corrected chi connectivity index (χ3v) is 3.92. The number of hydrogen-bond acceptors (Lipinski definition) is 5. The van der Waals surface area contributed by atoms with Crippen LogP contribution < -0.4 is 0 Å². The molecule has 0 bridgehead atoms. The second-order valence-electron chi connectivity index (χ2n) is 4.29. The highest BCUT2D eigenvalue weighted by molar-refractivity contribution is 7.99. The number of Topliss-reactive ketones (excluding diaryl/α,β-unsaturated/α-hetero) is 1. The van der Waals surface area contributed by atoms with Gasteiger partial charge in [0.25, 0.3) is 0 Å². The number of aryl methyl sites for hydroxylation is 3. The number of nitrogens with zero attached hydrogens (tertiary/aromatic N) is 4. The summed E-state index contributed by atoms with van der Waals surface area (Å²) in [6, 6.07) is 5.78. The summed E-state index contributed by atoms with van der Waals surface area (Å²) < 4.78 is 1.68. The Hall–Kier alpha value is -1.69. The average molecular weight is 276 g/mol. The molecule has 0 spiro atoms. The lowest BCUT2D eigenvalue weighted by Gasteiger charge is -2.04. The standard InChI is InChI=1S/C13H16N4OS/c1-4-17-13(14-15-16-17)19-8-12(18)11-6-5-9(2)10(3)7-11/h5-7H,4,8H2,1-3H3. The molecule has 2 aromatic rings. The van der Waals surface area contributed by atoms with Gasteiger partial charge < -0.3 is 0 Å². The van der Waals surface area contributed by atoms with Crippen LogP contribution in [0.15, 0.2) is 23.4 Å². The van der Waals surface area contributed by atoms with Gasteiger partial charge in [0.1, 0.15) is 0 Å². The lowest BCUT2D eigenvalue weighted by molar-refractivity contribution is 0.102. The smallest absolute Gasteiger partial charge is 0.209 e. The number of carbonyl (C=O) groups excluding carboxylic acids is 1. The molecule has 5 nitrogen and oxygen atoms in total. The monoisotopic (exact) mass is 276 g/mol. The summed E-state index contributed by atoms with van der Waals surface area (Å²) in [7, 11) is 0. The fraction of sp³-hybridized carbons (Fsp3) is 0.385. The lowest BCUT2D eigenvalue weighted by atomic mass is 10.0. The average Bonchev–Trinajstić information content (AvgIpc) is 2.86. The summed E-state index contributed by atoms with van der Waals surface area (Å²) in [6.07, 6.45) is 0. The molecule has 0 aliphatic rings. The Labute approximate surface area is 116 Å². The summed E-state index contributed by atoms with van der Waals surface area (Å²) in [6.45, 7) is 6.71. The summed E-state index contributed by atoms with van der Waals surface area (Å²) in [5, 5.41) is 12.0. The van der Waals surface area contributed by atoms with E-state index in [1.807, 2.05) is 39.0 Å². The van der Waals surface area contributed by atoms with Gasteiger partial charge in [0.2, 0.25) is 5.16 Å². The summed E-state index contributed by atoms with van der Waals surface area (Å²) in [5.74, 6) is 0.446. The number of benzene rings is 1. The first kappa shape index (κ1) is 13.7. The van der Waals surface area contributed by atoms with Gasteiger partial charge in [-0.25, -0.2) is 4.68 Å². The van der Waals surface area contributed by atoms with Crippen molar-refractivity contribution in [1.29, 1.82) is 0 Å². The molecule has 0 aliphatic heterocycles. The highest BCUT2D eigenvalue weighted by Crippen LogP contribution is 2.17. The van der Waals surface area contributed by atoms with Crippen molar-refractivity contribution < 1.29 is 4.79 Å². The van der Waals surface area contributed by atoms with Crippen LogP contribution in [0.2, 0.25) is 0 Å². The second-order valence-corrected chi connectivity index (χ2v) is 5.23. The molecule has 19 heavy (non-hydrogen) atoms. The summed E-state index contributed by atoms with van der Waals surface area (Å²) in [5.41, 5.74) is 3.07. The highest BCUT2D eigenvalue weighted by Gasteiger charge is 2.11. The van der Waals surface area contributed by atoms with Crippen molar-refractivity contribution in [2.75, 3.05) is 5.75 Å². The number of carbonyl (C=O) groups is 1. The Kier molecular flexibility index (Phi) is 4.31. The molecule has 0 fully saturated rings. The number of thioether (sulfide) groups is 1. The van der Waals surface area contributed by atoms with E-state index in [1.165, 1.54) is 17.3 Å². The topological polar surface area (TPSA) is 60.7 Å². The van der Waals surface area contributed by atoms with Crippen molar-refractivity contribution in [3.63, 3.8) is 0 Å². The first-order chi connectivity index (χ1) is 9.11. The van der Waals surface area contributed by atoms with Crippen molar-refractivity contribution >= 4 is 17.5 Å². The maximum Gasteiger partial charge on any atom is 0.209 e. The zero-order valence-electron chi connectivity index (χ0n) is 11.3. The molecule has 0 saturated heterocycles. The minimum absolute atomic E-state index is 0.0961. The number of ketones is 1. The van der Waals surface area contributed by atoms with Gasteiger partial charge in [0.15, 0.2) is 5.78 Å². The molecular formula is C13H16N4OS. The van der Waals surface area contributed by atoms with Crippen molar-refractivity contribution in [2.45, 2.75) is 32.5 Å². The minimum atomic E-state index is 0.0961. The van der Waals surface area contributed by atoms with Crippen LogP contribution in [-0.2, 0) is 6.54 Å². The van der Waals surface area contributed by atoms with Gasteiger partial charge in [0, 0.05) is 12.1 Å². The predicted octanol–water partition coefficient (Wildman–Crippen LogP) is 2.28. The van der Waals surface area contributed by atoms with Crippen molar-refractivity contribution in [2.24, 2.45) is 0 Å². The number of rotatable bonds is 5. The van der Waals surface area contributed by atoms with E-state index in [1.54, 1.807) is 4.68 Å². The first-order valence-electron chi connectivity index (χ1n) is 6.11. The highest BCUT2D eigenvalue weighted by atomic mass is 32.2. The molecule has 0 aliphatic carbocycles. The van der Waals surface area contributed by atoms with E-state index in [0.717, 1.165) is 11.1 Å². The second kappa shape index (κ2) is 5.97. The SMILES string of the molecule is CCn1nnnc1SCC(=O)c1ccc(C)c(C)c1. The molecule has 2 rings (SSSR count). The van der Waals surface area contributed by atoms with E-state index in [0.29, 0.717) is 17.5 Å². The van der Waals surface area contributed by atoms with Crippen LogP contribution in [0, 0.1) is 13.8 Å². The van der Waals surface area contributed by atoms with E-state index in [4.69, 9.17) is 0 Å². The largest absolute Gasteiger partial charge is 0.293 e. The molecule has 0 radical (unpaired) electrons. The Morgan fingerprint density at radius 1 is 1.32 bits per heavy atom. The van der Waals surface area contributed by atoms with Gasteiger partial charge >= 0.3 is 0 Å². The third kappa shape index (κ3) is 3.20. The van der Waals surface area contributed by atoms with E-state index in [2.05, 4.69) is 15.5 Å². The van der Waals surface area contributed by atoms with Gasteiger partial charge in [0.05, 0.1) is 5.75 Å². The first-order valence-corrected chi connectivity index (χ1v) is 7.09. The molecule has 100 valence electrons. The number of hydrogen-bond donors (Lipinski definition) is 0. The van der Waals surface area contributed by atoms with E-state index in [9.17, 15) is 4.79 Å². The number of aromatic nitrogens is 4. The molecular weight excluding hydrogens is 260 g/mol. The predicted molar refractivity (Wildman–Crippen MR) is 74.5 cm³/mol. The maximum atomic E-state index is 12.1. The summed E-state index contributed by atoms with van der Waals surface area (Å²) >= 11 is 1.37. The van der Waals surface area contributed by atoms with E-state index in [-0.39, 0.29) is 5.78 Å². The molecule has 0 amide bonds. The minimum Gasteiger partial charge on any atom is -0.293 e. The van der Waals surface area contributed by atoms with Crippen LogP contribution in [-0.4, -0.2) is 31.7 Å². The zero-order valence-corrected chi connectivity index (χ0v) is 12.1. The van der Waals surface area contributed by atoms with Crippen molar-refractivity contribution in [3.05, 3.63) is 34.9 Å². The Morgan fingerprint density at radius 3 is 2.79 bits per heavy atom. The quantitative estimate of drug-likeness (QED) is 0.619. The molecule has 1 heterocycles. The fourth-order valence-corrected chi connectivity index (χ4v) is 2.46. The van der Waals surface area contributed by atoms with E-state index >= 15 is 0 Å². The van der Waals surface area contributed by atoms with Gasteiger partial charge in [-0.3, -0.25) is 4.79 Å². The normalized spacial score (nSPS) is 10.7. The molecule has 0 N–H and O–H groups in total. The molecule has 6 heteroatoms. The Bertz CT molecular complexity index is 594. The van der Waals surface area contributed by atoms with Crippen molar-refractivity contribution in [3.8, 4) is 0 Å². The fourth-order valence-electron chi connectivity index (χ4n) is 1.63. The Morgan fingerprint density at radius 2 is 2.11 bits per heavy atom. The molecule has 1 aromatic heterocycles. The van der Waals surface area contributed by atoms with Crippen LogP contribution in [0.4, 0.5) is 0 Å². The van der Waals surface area contributed by atoms with Crippen LogP contribution in [0.25, 0.3) is 0 Å². The lowest BCUT2D eigenvalue weighted by Crippen LogP contribution is -2.05. The van der Waals surface area contributed by atoms with Gasteiger partial charge in [-0.1, -0.05) is 23.9 Å². The van der Waals surface area contributed by atoms with Crippen molar-refractivity contribution in [1.82, 2.24) is 20.2 Å². The van der Waals surface area contributed by atoms with Gasteiger partial charge in [-0.2, -0.15) is 0 Å². The molecule has 1 aromatic carbocycles. The van der Waals surface area contributed by atoms with Crippen LogP contribution >= 0.6 is 11.8 Å². The Balaban J connectivity index is 2.03. The number of tetrazole rings is 1. The molecule has 0 unspecified atom stereocenters. The maximum absolute atomic E-state index is 12.1. The molecule has 0 saturated carbocycles. The molecule has 0 atom stereocenters. The van der Waals surface area contributed by atoms with E-state index < -0.39 is 0 Å². The summed E-state index contributed by atoms with van der Waals surface area (Å²) in [4.78, 5) is 12.1.